The molecule has 0 spiro atoms. The lowest BCUT2D eigenvalue weighted by molar-refractivity contribution is 0.659. The van der Waals surface area contributed by atoms with E-state index in [-0.39, 0.29) is 0 Å². The average Bonchev–Trinajstić information content (AvgIpc) is 3.78. The van der Waals surface area contributed by atoms with Gasteiger partial charge in [0.05, 0.1) is 33.1 Å². The van der Waals surface area contributed by atoms with Crippen molar-refractivity contribution in [2.24, 2.45) is 5.92 Å². The van der Waals surface area contributed by atoms with E-state index in [2.05, 4.69) is 196 Å². The van der Waals surface area contributed by atoms with Crippen LogP contribution in [0.15, 0.2) is 182 Å². The van der Waals surface area contributed by atoms with Gasteiger partial charge in [-0.1, -0.05) is 127 Å². The molecule has 0 radical (unpaired) electrons. The zero-order valence-corrected chi connectivity index (χ0v) is 31.1. The number of nitrogens with zero attached hydrogens (tertiary/aromatic N) is 3. The predicted molar refractivity (Wildman–Crippen MR) is 237 cm³/mol. The predicted octanol–water partition coefficient (Wildman–Crippen LogP) is 13.4. The summed E-state index contributed by atoms with van der Waals surface area (Å²) in [5.41, 5.74) is 15.6. The van der Waals surface area contributed by atoms with E-state index in [0.717, 1.165) is 25.8 Å². The number of hydrogen-bond donors (Lipinski definition) is 0. The zero-order chi connectivity index (χ0) is 36.7. The van der Waals surface area contributed by atoms with E-state index in [9.17, 15) is 0 Å². The van der Waals surface area contributed by atoms with Crippen molar-refractivity contribution in [2.45, 2.75) is 19.3 Å². The van der Waals surface area contributed by atoms with Crippen LogP contribution in [0, 0.1) is 5.92 Å². The summed E-state index contributed by atoms with van der Waals surface area (Å²) in [5.74, 6) is 0.337. The van der Waals surface area contributed by atoms with E-state index in [4.69, 9.17) is 0 Å². The minimum atomic E-state index is 0.337. The second-order valence-electron chi connectivity index (χ2n) is 15.6. The first kappa shape index (κ1) is 31.5. The summed E-state index contributed by atoms with van der Waals surface area (Å²) in [6, 6.07) is 60.8. The van der Waals surface area contributed by atoms with Crippen LogP contribution >= 0.6 is 0 Å². The van der Waals surface area contributed by atoms with Gasteiger partial charge in [0.1, 0.15) is 0 Å². The number of anilines is 2. The monoisotopic (exact) mass is 717 g/mol. The number of hydrogen-bond acceptors (Lipinski definition) is 1. The number of benzene rings is 7. The maximum Gasteiger partial charge on any atom is 0.0745 e. The number of aryl methyl sites for hydroxylation is 2. The zero-order valence-electron chi connectivity index (χ0n) is 31.1. The van der Waals surface area contributed by atoms with E-state index >= 15 is 0 Å². The Bertz CT molecular complexity index is 3320. The quantitative estimate of drug-likeness (QED) is 0.173. The standard InChI is InChI=1S/C53H39N3/c1-2-17-40(18-3-1)54(34-35-13-12-16-37(31-35)39-26-25-36-14-4-5-15-38(36)32-39)41-27-30-51-47(33-41)44-21-8-11-24-50(44)55-48-22-9-6-19-42(48)45-28-29-46-43-20-7-10-23-49(43)56(51)53(46)52(45)55/h1-12,14-27,30-33,35H,13,28-29,34H2. The van der Waals surface area contributed by atoms with Crippen LogP contribution in [0.25, 0.3) is 71.0 Å². The third-order valence-corrected chi connectivity index (χ3v) is 12.5. The molecule has 56 heavy (non-hydrogen) atoms. The molecule has 0 fully saturated rings. The molecule has 2 aliphatic rings. The van der Waals surface area contributed by atoms with Crippen LogP contribution in [0.1, 0.15) is 23.1 Å². The number of para-hydroxylation sites is 4. The van der Waals surface area contributed by atoms with Gasteiger partial charge in [0.25, 0.3) is 0 Å². The number of aromatic nitrogens is 2. The first-order chi connectivity index (χ1) is 27.8. The van der Waals surface area contributed by atoms with Crippen molar-refractivity contribution in [2.75, 3.05) is 11.4 Å². The smallest absolute Gasteiger partial charge is 0.0745 e. The fourth-order valence-electron chi connectivity index (χ4n) is 10.0. The summed E-state index contributed by atoms with van der Waals surface area (Å²) in [4.78, 5) is 2.54. The molecular formula is C53H39N3. The van der Waals surface area contributed by atoms with Crippen molar-refractivity contribution < 1.29 is 0 Å². The first-order valence-corrected chi connectivity index (χ1v) is 20.0. The molecule has 0 bridgehead atoms. The lowest BCUT2D eigenvalue weighted by Gasteiger charge is -2.30. The maximum absolute atomic E-state index is 2.59. The largest absolute Gasteiger partial charge is 0.341 e. The molecule has 1 atom stereocenters. The van der Waals surface area contributed by atoms with Gasteiger partial charge in [0.2, 0.25) is 0 Å². The molecule has 2 aliphatic carbocycles. The molecule has 12 rings (SSSR count). The SMILES string of the molecule is C1=CC(c2ccc3ccccc3c2)=CC(CN(c2ccccc2)c2ccc3c(c2)c2ccccc2n2c4ccccc4c4c2c2c(c5ccccc5n32)CC4)C1. The Balaban J connectivity index is 1.11. The van der Waals surface area contributed by atoms with E-state index in [0.29, 0.717) is 5.92 Å². The van der Waals surface area contributed by atoms with Crippen LogP contribution < -0.4 is 4.90 Å². The van der Waals surface area contributed by atoms with Crippen molar-refractivity contribution >= 4 is 82.4 Å². The highest BCUT2D eigenvalue weighted by molar-refractivity contribution is 6.14. The first-order valence-electron chi connectivity index (χ1n) is 20.0. The Morgan fingerprint density at radius 3 is 1.79 bits per heavy atom. The van der Waals surface area contributed by atoms with Crippen LogP contribution in [0.2, 0.25) is 0 Å². The van der Waals surface area contributed by atoms with Crippen LogP contribution in [0.5, 0.6) is 0 Å². The molecule has 0 amide bonds. The summed E-state index contributed by atoms with van der Waals surface area (Å²) in [5, 5.41) is 7.76. The summed E-state index contributed by atoms with van der Waals surface area (Å²) in [6.45, 7) is 0.865. The fraction of sp³-hybridized carbons (Fsp3) is 0.0943. The van der Waals surface area contributed by atoms with E-state index in [1.807, 2.05) is 0 Å². The molecular weight excluding hydrogens is 679 g/mol. The summed E-state index contributed by atoms with van der Waals surface area (Å²) in [6.07, 6.45) is 10.2. The molecule has 266 valence electrons. The van der Waals surface area contributed by atoms with Crippen LogP contribution in [0.3, 0.4) is 0 Å². The molecule has 0 N–H and O–H groups in total. The van der Waals surface area contributed by atoms with Crippen LogP contribution in [0.4, 0.5) is 11.4 Å². The molecule has 3 heterocycles. The molecule has 0 saturated carbocycles. The topological polar surface area (TPSA) is 12.1 Å². The Kier molecular flexibility index (Phi) is 6.94. The Morgan fingerprint density at radius 2 is 1.07 bits per heavy atom. The molecule has 0 aliphatic heterocycles. The van der Waals surface area contributed by atoms with E-state index in [1.54, 1.807) is 0 Å². The Morgan fingerprint density at radius 1 is 0.482 bits per heavy atom. The molecule has 3 aromatic heterocycles. The highest BCUT2D eigenvalue weighted by Gasteiger charge is 2.26. The highest BCUT2D eigenvalue weighted by Crippen LogP contribution is 2.43. The minimum absolute atomic E-state index is 0.337. The molecule has 3 nitrogen and oxygen atoms in total. The summed E-state index contributed by atoms with van der Waals surface area (Å²) < 4.78 is 5.16. The number of fused-ring (bicyclic) bond motifs is 12. The average molecular weight is 718 g/mol. The molecule has 1 unspecified atom stereocenters. The number of rotatable bonds is 5. The van der Waals surface area contributed by atoms with Gasteiger partial charge in [-0.25, -0.2) is 0 Å². The highest BCUT2D eigenvalue weighted by atomic mass is 15.1. The van der Waals surface area contributed by atoms with E-state index in [1.165, 1.54) is 99.1 Å². The number of allylic oxidation sites excluding steroid dienone is 3. The molecule has 7 aromatic carbocycles. The van der Waals surface area contributed by atoms with Gasteiger partial charge in [-0.3, -0.25) is 0 Å². The summed E-state index contributed by atoms with van der Waals surface area (Å²) in [7, 11) is 0. The van der Waals surface area contributed by atoms with E-state index < -0.39 is 0 Å². The van der Waals surface area contributed by atoms with Gasteiger partial charge < -0.3 is 13.7 Å². The lowest BCUT2D eigenvalue weighted by Crippen LogP contribution is -2.25. The minimum Gasteiger partial charge on any atom is -0.341 e. The third kappa shape index (κ3) is 4.70. The van der Waals surface area contributed by atoms with Crippen molar-refractivity contribution in [3.63, 3.8) is 0 Å². The molecule has 0 saturated heterocycles. The van der Waals surface area contributed by atoms with Gasteiger partial charge in [-0.2, -0.15) is 0 Å². The van der Waals surface area contributed by atoms with Crippen LogP contribution in [-0.2, 0) is 12.8 Å². The van der Waals surface area contributed by atoms with Crippen molar-refractivity contribution in [1.82, 2.24) is 8.80 Å². The van der Waals surface area contributed by atoms with Crippen molar-refractivity contribution in [1.29, 1.82) is 0 Å². The van der Waals surface area contributed by atoms with Crippen LogP contribution in [-0.4, -0.2) is 15.3 Å². The van der Waals surface area contributed by atoms with Gasteiger partial charge in [-0.05, 0) is 113 Å². The van der Waals surface area contributed by atoms with Gasteiger partial charge >= 0.3 is 0 Å². The summed E-state index contributed by atoms with van der Waals surface area (Å²) >= 11 is 0. The lowest BCUT2D eigenvalue weighted by atomic mass is 9.90. The second-order valence-corrected chi connectivity index (χ2v) is 15.6. The van der Waals surface area contributed by atoms with Gasteiger partial charge in [0.15, 0.2) is 0 Å². The van der Waals surface area contributed by atoms with Gasteiger partial charge in [-0.15, -0.1) is 0 Å². The molecule has 3 heteroatoms. The second kappa shape index (κ2) is 12.3. The third-order valence-electron chi connectivity index (χ3n) is 12.5. The van der Waals surface area contributed by atoms with Gasteiger partial charge in [0, 0.05) is 39.5 Å². The maximum atomic E-state index is 2.59. The Hall–Kier alpha value is -6.84. The molecule has 10 aromatic rings. The Labute approximate surface area is 325 Å². The van der Waals surface area contributed by atoms with Crippen molar-refractivity contribution in [3.05, 3.63) is 199 Å². The normalized spacial score (nSPS) is 15.2. The van der Waals surface area contributed by atoms with Crippen molar-refractivity contribution in [3.8, 4) is 0 Å². The fourth-order valence-corrected chi connectivity index (χ4v) is 10.0.